The van der Waals surface area contributed by atoms with Gasteiger partial charge in [-0.2, -0.15) is 0 Å². The van der Waals surface area contributed by atoms with Crippen LogP contribution in [0, 0.1) is 11.7 Å². The molecule has 0 spiro atoms. The van der Waals surface area contributed by atoms with Gasteiger partial charge in [0.25, 0.3) is 0 Å². The highest BCUT2D eigenvalue weighted by molar-refractivity contribution is 6.30. The molecule has 1 aliphatic rings. The van der Waals surface area contributed by atoms with Crippen LogP contribution in [0.1, 0.15) is 24.5 Å². The second-order valence-electron chi connectivity index (χ2n) is 3.46. The largest absolute Gasteiger partial charge is 0.388 e. The fraction of sp³-hybridized carbons (Fsp3) is 0.400. The van der Waals surface area contributed by atoms with E-state index in [0.29, 0.717) is 11.5 Å². The summed E-state index contributed by atoms with van der Waals surface area (Å²) in [5.74, 6) is -0.139. The van der Waals surface area contributed by atoms with Crippen LogP contribution in [-0.2, 0) is 0 Å². The van der Waals surface area contributed by atoms with E-state index in [2.05, 4.69) is 0 Å². The molecule has 0 aromatic heterocycles. The molecule has 0 bridgehead atoms. The summed E-state index contributed by atoms with van der Waals surface area (Å²) in [6.45, 7) is 0. The van der Waals surface area contributed by atoms with E-state index in [4.69, 9.17) is 11.6 Å². The number of rotatable bonds is 2. The first-order chi connectivity index (χ1) is 6.18. The van der Waals surface area contributed by atoms with Gasteiger partial charge in [-0.25, -0.2) is 4.39 Å². The van der Waals surface area contributed by atoms with Gasteiger partial charge < -0.3 is 5.11 Å². The molecule has 1 saturated carbocycles. The van der Waals surface area contributed by atoms with Crippen LogP contribution in [0.3, 0.4) is 0 Å². The van der Waals surface area contributed by atoms with Crippen LogP contribution in [0.25, 0.3) is 0 Å². The Bertz CT molecular complexity index is 323. The number of benzene rings is 1. The highest BCUT2D eigenvalue weighted by Crippen LogP contribution is 2.41. The van der Waals surface area contributed by atoms with Crippen LogP contribution >= 0.6 is 11.6 Å². The van der Waals surface area contributed by atoms with Gasteiger partial charge in [-0.1, -0.05) is 17.7 Å². The van der Waals surface area contributed by atoms with Crippen molar-refractivity contribution in [1.82, 2.24) is 0 Å². The second kappa shape index (κ2) is 3.28. The van der Waals surface area contributed by atoms with E-state index in [-0.39, 0.29) is 5.02 Å². The topological polar surface area (TPSA) is 20.2 Å². The van der Waals surface area contributed by atoms with Crippen LogP contribution in [0.15, 0.2) is 18.2 Å². The van der Waals surface area contributed by atoms with Crippen LogP contribution < -0.4 is 0 Å². The molecule has 1 aromatic rings. The van der Waals surface area contributed by atoms with Crippen LogP contribution in [0.5, 0.6) is 0 Å². The molecule has 0 saturated heterocycles. The van der Waals surface area contributed by atoms with Gasteiger partial charge in [0.2, 0.25) is 0 Å². The van der Waals surface area contributed by atoms with Gasteiger partial charge in [0.05, 0.1) is 11.1 Å². The van der Waals surface area contributed by atoms with Crippen molar-refractivity contribution in [2.45, 2.75) is 18.9 Å². The minimum Gasteiger partial charge on any atom is -0.388 e. The molecule has 1 N–H and O–H groups in total. The molecule has 3 heteroatoms. The monoisotopic (exact) mass is 200 g/mol. The Balaban J connectivity index is 2.24. The van der Waals surface area contributed by atoms with Gasteiger partial charge in [0.1, 0.15) is 5.82 Å². The van der Waals surface area contributed by atoms with Crippen molar-refractivity contribution in [3.8, 4) is 0 Å². The van der Waals surface area contributed by atoms with Gasteiger partial charge in [-0.15, -0.1) is 0 Å². The second-order valence-corrected chi connectivity index (χ2v) is 3.86. The summed E-state index contributed by atoms with van der Waals surface area (Å²) in [6, 6.07) is 4.47. The average Bonchev–Trinajstić information content (AvgIpc) is 2.91. The van der Waals surface area contributed by atoms with Crippen molar-refractivity contribution in [3.63, 3.8) is 0 Å². The molecule has 70 valence electrons. The highest BCUT2D eigenvalue weighted by atomic mass is 35.5. The minimum atomic E-state index is -0.522. The summed E-state index contributed by atoms with van der Waals surface area (Å²) in [6.07, 6.45) is 1.54. The SMILES string of the molecule is O[C@H](c1ccc(Cl)c(F)c1)C1CC1. The van der Waals surface area contributed by atoms with Crippen LogP contribution in [0.4, 0.5) is 4.39 Å². The lowest BCUT2D eigenvalue weighted by molar-refractivity contribution is 0.153. The maximum absolute atomic E-state index is 13.0. The fourth-order valence-electron chi connectivity index (χ4n) is 1.38. The average molecular weight is 201 g/mol. The molecule has 1 nitrogen and oxygen atoms in total. The first kappa shape index (κ1) is 8.97. The van der Waals surface area contributed by atoms with Gasteiger partial charge in [-0.05, 0) is 36.5 Å². The standard InChI is InChI=1S/C10H10ClFO/c11-8-4-3-7(5-9(8)12)10(13)6-1-2-6/h3-6,10,13H,1-2H2/t10-/m0/s1. The van der Waals surface area contributed by atoms with E-state index in [1.54, 1.807) is 6.07 Å². The molecule has 0 aliphatic heterocycles. The number of aliphatic hydroxyl groups excluding tert-OH is 1. The Morgan fingerprint density at radius 2 is 2.15 bits per heavy atom. The van der Waals surface area contributed by atoms with E-state index in [1.165, 1.54) is 12.1 Å². The minimum absolute atomic E-state index is 0.103. The van der Waals surface area contributed by atoms with E-state index in [1.807, 2.05) is 0 Å². The third-order valence-electron chi connectivity index (χ3n) is 2.35. The molecular weight excluding hydrogens is 191 g/mol. The van der Waals surface area contributed by atoms with E-state index in [9.17, 15) is 9.50 Å². The summed E-state index contributed by atoms with van der Waals surface area (Å²) in [5, 5.41) is 9.77. The first-order valence-electron chi connectivity index (χ1n) is 4.31. The Morgan fingerprint density at radius 1 is 1.46 bits per heavy atom. The fourth-order valence-corrected chi connectivity index (χ4v) is 1.50. The number of hydrogen-bond acceptors (Lipinski definition) is 1. The van der Waals surface area contributed by atoms with Crippen molar-refractivity contribution < 1.29 is 9.50 Å². The molecule has 2 rings (SSSR count). The van der Waals surface area contributed by atoms with Crippen molar-refractivity contribution in [1.29, 1.82) is 0 Å². The quantitative estimate of drug-likeness (QED) is 0.779. The zero-order valence-corrected chi connectivity index (χ0v) is 7.76. The first-order valence-corrected chi connectivity index (χ1v) is 4.69. The maximum Gasteiger partial charge on any atom is 0.142 e. The molecule has 1 aromatic carbocycles. The summed E-state index contributed by atoms with van der Waals surface area (Å²) >= 11 is 5.52. The van der Waals surface area contributed by atoms with E-state index >= 15 is 0 Å². The van der Waals surface area contributed by atoms with Gasteiger partial charge in [0, 0.05) is 0 Å². The van der Waals surface area contributed by atoms with Crippen molar-refractivity contribution in [2.75, 3.05) is 0 Å². The zero-order valence-electron chi connectivity index (χ0n) is 7.00. The van der Waals surface area contributed by atoms with Crippen molar-refractivity contribution in [3.05, 3.63) is 34.6 Å². The van der Waals surface area contributed by atoms with E-state index < -0.39 is 11.9 Å². The predicted octanol–water partition coefficient (Wildman–Crippen LogP) is 2.92. The third-order valence-corrected chi connectivity index (χ3v) is 2.66. The Labute approximate surface area is 81.1 Å². The molecule has 0 unspecified atom stereocenters. The summed E-state index contributed by atoms with van der Waals surface area (Å²) < 4.78 is 13.0. The molecule has 1 atom stereocenters. The third kappa shape index (κ3) is 1.84. The number of hydrogen-bond donors (Lipinski definition) is 1. The van der Waals surface area contributed by atoms with Crippen molar-refractivity contribution >= 4 is 11.6 Å². The summed E-state index contributed by atoms with van der Waals surface area (Å²) in [5.41, 5.74) is 0.629. The van der Waals surface area contributed by atoms with Gasteiger partial charge >= 0.3 is 0 Å². The van der Waals surface area contributed by atoms with Gasteiger partial charge in [0.15, 0.2) is 0 Å². The Morgan fingerprint density at radius 3 is 2.69 bits per heavy atom. The zero-order chi connectivity index (χ0) is 9.42. The number of halogens is 2. The normalized spacial score (nSPS) is 18.7. The predicted molar refractivity (Wildman–Crippen MR) is 49.1 cm³/mol. The Hall–Kier alpha value is -0.600. The summed E-state index contributed by atoms with van der Waals surface area (Å²) in [4.78, 5) is 0. The lowest BCUT2D eigenvalue weighted by atomic mass is 10.1. The molecule has 1 fully saturated rings. The van der Waals surface area contributed by atoms with E-state index in [0.717, 1.165) is 12.8 Å². The highest BCUT2D eigenvalue weighted by Gasteiger charge is 2.30. The molecule has 0 radical (unpaired) electrons. The maximum atomic E-state index is 13.0. The van der Waals surface area contributed by atoms with Crippen LogP contribution in [-0.4, -0.2) is 5.11 Å². The molecule has 1 aliphatic carbocycles. The molecule has 0 heterocycles. The summed E-state index contributed by atoms with van der Waals surface area (Å²) in [7, 11) is 0. The molecule has 0 amide bonds. The smallest absolute Gasteiger partial charge is 0.142 e. The van der Waals surface area contributed by atoms with Crippen LogP contribution in [0.2, 0.25) is 5.02 Å². The van der Waals surface area contributed by atoms with Gasteiger partial charge in [-0.3, -0.25) is 0 Å². The lowest BCUT2D eigenvalue weighted by Crippen LogP contribution is -1.99. The van der Waals surface area contributed by atoms with Crippen molar-refractivity contribution in [2.24, 2.45) is 5.92 Å². The molecular formula is C10H10ClFO. The lowest BCUT2D eigenvalue weighted by Gasteiger charge is -2.09. The Kier molecular flexibility index (Phi) is 2.26. The molecule has 13 heavy (non-hydrogen) atoms. The number of aliphatic hydroxyl groups is 1.